The van der Waals surface area contributed by atoms with E-state index in [0.717, 1.165) is 17.0 Å². The summed E-state index contributed by atoms with van der Waals surface area (Å²) >= 11 is 1.48. The molecule has 8 heteroatoms. The lowest BCUT2D eigenvalue weighted by atomic mass is 10.2. The number of amides is 2. The van der Waals surface area contributed by atoms with Gasteiger partial charge in [0.1, 0.15) is 11.3 Å². The highest BCUT2D eigenvalue weighted by Crippen LogP contribution is 2.06. The van der Waals surface area contributed by atoms with Gasteiger partial charge in [-0.3, -0.25) is 9.59 Å². The van der Waals surface area contributed by atoms with Crippen molar-refractivity contribution in [1.82, 2.24) is 24.8 Å². The molecule has 0 aliphatic heterocycles. The molecule has 2 aromatic rings. The Labute approximate surface area is 145 Å². The summed E-state index contributed by atoms with van der Waals surface area (Å²) in [7, 11) is 3.54. The Balaban J connectivity index is 1.68. The summed E-state index contributed by atoms with van der Waals surface area (Å²) in [6.45, 7) is 1.21. The fourth-order valence-corrected chi connectivity index (χ4v) is 2.74. The van der Waals surface area contributed by atoms with E-state index in [4.69, 9.17) is 0 Å². The highest BCUT2D eigenvalue weighted by Gasteiger charge is 2.13. The molecule has 0 bridgehead atoms. The van der Waals surface area contributed by atoms with Gasteiger partial charge in [-0.25, -0.2) is 15.0 Å². The molecule has 2 aromatic heterocycles. The zero-order valence-electron chi connectivity index (χ0n) is 13.9. The largest absolute Gasteiger partial charge is 0.345 e. The molecule has 0 aliphatic carbocycles. The van der Waals surface area contributed by atoms with Gasteiger partial charge in [0.2, 0.25) is 11.8 Å². The Morgan fingerprint density at radius 1 is 1.04 bits per heavy atom. The summed E-state index contributed by atoms with van der Waals surface area (Å²) in [6, 6.07) is 0. The fourth-order valence-electron chi connectivity index (χ4n) is 2.13. The van der Waals surface area contributed by atoms with Crippen LogP contribution in [0, 0.1) is 0 Å². The van der Waals surface area contributed by atoms with Crippen LogP contribution in [0.5, 0.6) is 0 Å². The van der Waals surface area contributed by atoms with Gasteiger partial charge in [-0.2, -0.15) is 0 Å². The summed E-state index contributed by atoms with van der Waals surface area (Å²) in [4.78, 5) is 39.5. The van der Waals surface area contributed by atoms with Crippen molar-refractivity contribution in [2.24, 2.45) is 0 Å². The molecule has 0 unspecified atom stereocenters. The molecule has 24 heavy (non-hydrogen) atoms. The quantitative estimate of drug-likeness (QED) is 0.712. The maximum atomic E-state index is 12.1. The zero-order valence-corrected chi connectivity index (χ0v) is 14.7. The van der Waals surface area contributed by atoms with Gasteiger partial charge < -0.3 is 9.80 Å². The van der Waals surface area contributed by atoms with E-state index in [9.17, 15) is 9.59 Å². The number of carbonyl (C=O) groups is 2. The molecule has 0 spiro atoms. The summed E-state index contributed by atoms with van der Waals surface area (Å²) in [5.74, 6) is 0.0573. The monoisotopic (exact) mass is 347 g/mol. The van der Waals surface area contributed by atoms with E-state index in [2.05, 4.69) is 15.0 Å². The van der Waals surface area contributed by atoms with Gasteiger partial charge in [0, 0.05) is 51.2 Å². The molecule has 0 saturated heterocycles. The van der Waals surface area contributed by atoms with E-state index in [1.54, 1.807) is 42.5 Å². The molecule has 0 aromatic carbocycles. The van der Waals surface area contributed by atoms with E-state index in [1.807, 2.05) is 5.38 Å². The Kier molecular flexibility index (Phi) is 6.80. The van der Waals surface area contributed by atoms with Gasteiger partial charge in [-0.05, 0) is 12.0 Å². The SMILES string of the molecule is CN(CCCN(C)C(=O)Cc1nccs1)C(=O)Cc1cncnc1. The lowest BCUT2D eigenvalue weighted by Crippen LogP contribution is -2.34. The van der Waals surface area contributed by atoms with Crippen molar-refractivity contribution >= 4 is 23.2 Å². The number of thiazole rings is 1. The minimum Gasteiger partial charge on any atom is -0.345 e. The van der Waals surface area contributed by atoms with Crippen LogP contribution in [0.2, 0.25) is 0 Å². The maximum Gasteiger partial charge on any atom is 0.229 e. The number of rotatable bonds is 8. The van der Waals surface area contributed by atoms with Crippen molar-refractivity contribution in [1.29, 1.82) is 0 Å². The molecule has 2 heterocycles. The van der Waals surface area contributed by atoms with Crippen molar-refractivity contribution in [3.8, 4) is 0 Å². The second-order valence-electron chi connectivity index (χ2n) is 5.51. The third-order valence-electron chi connectivity index (χ3n) is 3.59. The van der Waals surface area contributed by atoms with E-state index >= 15 is 0 Å². The molecule has 7 nitrogen and oxygen atoms in total. The molecule has 0 saturated carbocycles. The van der Waals surface area contributed by atoms with Gasteiger partial charge in [0.25, 0.3) is 0 Å². The van der Waals surface area contributed by atoms with Crippen LogP contribution in [0.15, 0.2) is 30.3 Å². The van der Waals surface area contributed by atoms with Crippen LogP contribution in [-0.2, 0) is 22.4 Å². The Hall–Kier alpha value is -2.35. The number of carbonyl (C=O) groups excluding carboxylic acids is 2. The van der Waals surface area contributed by atoms with Crippen LogP contribution >= 0.6 is 11.3 Å². The van der Waals surface area contributed by atoms with Gasteiger partial charge in [0.15, 0.2) is 0 Å². The first-order valence-electron chi connectivity index (χ1n) is 7.66. The number of aromatic nitrogens is 3. The van der Waals surface area contributed by atoms with E-state index in [0.29, 0.717) is 19.5 Å². The van der Waals surface area contributed by atoms with Crippen molar-refractivity contribution in [3.05, 3.63) is 40.9 Å². The molecule has 2 amide bonds. The van der Waals surface area contributed by atoms with E-state index in [1.165, 1.54) is 17.7 Å². The predicted octanol–water partition coefficient (Wildman–Crippen LogP) is 1.03. The van der Waals surface area contributed by atoms with Crippen LogP contribution < -0.4 is 0 Å². The third kappa shape index (κ3) is 5.69. The van der Waals surface area contributed by atoms with Gasteiger partial charge in [-0.15, -0.1) is 11.3 Å². The lowest BCUT2D eigenvalue weighted by Gasteiger charge is -2.20. The third-order valence-corrected chi connectivity index (χ3v) is 4.37. The van der Waals surface area contributed by atoms with Gasteiger partial charge in [0.05, 0.1) is 12.8 Å². The minimum absolute atomic E-state index is 0.0153. The first kappa shape index (κ1) is 18.0. The number of likely N-dealkylation sites (N-methyl/N-ethyl adjacent to an activating group) is 2. The van der Waals surface area contributed by atoms with Crippen molar-refractivity contribution < 1.29 is 9.59 Å². The van der Waals surface area contributed by atoms with Crippen molar-refractivity contribution in [3.63, 3.8) is 0 Å². The number of hydrogen-bond acceptors (Lipinski definition) is 6. The summed E-state index contributed by atoms with van der Waals surface area (Å²) in [5.41, 5.74) is 0.796. The van der Waals surface area contributed by atoms with E-state index in [-0.39, 0.29) is 18.2 Å². The van der Waals surface area contributed by atoms with Crippen molar-refractivity contribution in [2.45, 2.75) is 19.3 Å². The Morgan fingerprint density at radius 3 is 2.25 bits per heavy atom. The van der Waals surface area contributed by atoms with Gasteiger partial charge >= 0.3 is 0 Å². The second kappa shape index (κ2) is 9.07. The molecule has 0 N–H and O–H groups in total. The molecule has 0 radical (unpaired) electrons. The standard InChI is InChI=1S/C16H21N5O2S/c1-20(15(22)8-13-10-17-12-18-11-13)5-3-6-21(2)16(23)9-14-19-4-7-24-14/h4,7,10-12H,3,5-6,8-9H2,1-2H3. The molecule has 0 atom stereocenters. The Morgan fingerprint density at radius 2 is 1.67 bits per heavy atom. The zero-order chi connectivity index (χ0) is 17.4. The van der Waals surface area contributed by atoms with Crippen LogP contribution in [0.25, 0.3) is 0 Å². The van der Waals surface area contributed by atoms with Crippen molar-refractivity contribution in [2.75, 3.05) is 27.2 Å². The molecular formula is C16H21N5O2S. The predicted molar refractivity (Wildman–Crippen MR) is 91.4 cm³/mol. The van der Waals surface area contributed by atoms with Gasteiger partial charge in [-0.1, -0.05) is 0 Å². The topological polar surface area (TPSA) is 79.3 Å². The summed E-state index contributed by atoms with van der Waals surface area (Å²) < 4.78 is 0. The lowest BCUT2D eigenvalue weighted by molar-refractivity contribution is -0.129. The minimum atomic E-state index is 0.0153. The highest BCUT2D eigenvalue weighted by atomic mass is 32.1. The average molecular weight is 347 g/mol. The van der Waals surface area contributed by atoms with Crippen LogP contribution in [0.4, 0.5) is 0 Å². The van der Waals surface area contributed by atoms with Crippen LogP contribution in [0.3, 0.4) is 0 Å². The number of hydrogen-bond donors (Lipinski definition) is 0. The fraction of sp³-hybridized carbons (Fsp3) is 0.438. The second-order valence-corrected chi connectivity index (χ2v) is 6.49. The van der Waals surface area contributed by atoms with Crippen LogP contribution in [0.1, 0.15) is 17.0 Å². The summed E-state index contributed by atoms with van der Waals surface area (Å²) in [6.07, 6.45) is 7.77. The molecule has 2 rings (SSSR count). The highest BCUT2D eigenvalue weighted by molar-refractivity contribution is 7.09. The first-order chi connectivity index (χ1) is 11.6. The average Bonchev–Trinajstić information content (AvgIpc) is 3.08. The van der Waals surface area contributed by atoms with E-state index < -0.39 is 0 Å². The summed E-state index contributed by atoms with van der Waals surface area (Å²) in [5, 5.41) is 2.69. The normalized spacial score (nSPS) is 10.4. The molecule has 0 aliphatic rings. The molecule has 0 fully saturated rings. The molecule has 128 valence electrons. The molecular weight excluding hydrogens is 326 g/mol. The Bertz CT molecular complexity index is 648. The van der Waals surface area contributed by atoms with Crippen LogP contribution in [-0.4, -0.2) is 63.8 Å². The number of nitrogens with zero attached hydrogens (tertiary/aromatic N) is 5. The maximum absolute atomic E-state index is 12.1. The first-order valence-corrected chi connectivity index (χ1v) is 8.54. The smallest absolute Gasteiger partial charge is 0.229 e.